The zero-order chi connectivity index (χ0) is 15.6. The lowest BCUT2D eigenvalue weighted by atomic mass is 10.1. The van der Waals surface area contributed by atoms with Crippen LogP contribution in [0.2, 0.25) is 0 Å². The van der Waals surface area contributed by atoms with Crippen molar-refractivity contribution in [1.82, 2.24) is 9.97 Å². The Kier molecular flexibility index (Phi) is 3.66. The van der Waals surface area contributed by atoms with Crippen molar-refractivity contribution in [3.8, 4) is 17.0 Å². The third kappa shape index (κ3) is 3.59. The summed E-state index contributed by atoms with van der Waals surface area (Å²) in [5.41, 5.74) is 5.48. The molecular weight excluding hydrogens is 291 g/mol. The van der Waals surface area contributed by atoms with Crippen LogP contribution in [0.1, 0.15) is 10.5 Å². The van der Waals surface area contributed by atoms with Crippen LogP contribution in [0, 0.1) is 0 Å². The zero-order valence-electron chi connectivity index (χ0n) is 10.3. The number of aromatic carboxylic acids is 1. The van der Waals surface area contributed by atoms with Crippen molar-refractivity contribution >= 4 is 11.8 Å². The SMILES string of the molecule is Nc1ncc(-c2ccc(OC(F)(F)F)cc2)nc1C(=O)O. The molecule has 0 saturated heterocycles. The summed E-state index contributed by atoms with van der Waals surface area (Å²) in [6, 6.07) is 4.77. The first-order chi connectivity index (χ1) is 9.76. The Morgan fingerprint density at radius 2 is 1.86 bits per heavy atom. The van der Waals surface area contributed by atoms with Gasteiger partial charge in [-0.15, -0.1) is 13.2 Å². The Hall–Kier alpha value is -2.84. The molecule has 0 unspecified atom stereocenters. The molecule has 21 heavy (non-hydrogen) atoms. The van der Waals surface area contributed by atoms with Crippen molar-refractivity contribution in [2.75, 3.05) is 5.73 Å². The molecule has 3 N–H and O–H groups in total. The topological polar surface area (TPSA) is 98.3 Å². The first-order valence-corrected chi connectivity index (χ1v) is 5.48. The van der Waals surface area contributed by atoms with E-state index in [1.165, 1.54) is 18.3 Å². The molecule has 2 aromatic rings. The number of anilines is 1. The van der Waals surface area contributed by atoms with Gasteiger partial charge in [0, 0.05) is 5.56 Å². The summed E-state index contributed by atoms with van der Waals surface area (Å²) in [5, 5.41) is 8.88. The average Bonchev–Trinajstić information content (AvgIpc) is 2.38. The van der Waals surface area contributed by atoms with E-state index in [1.54, 1.807) is 0 Å². The molecule has 1 aromatic heterocycles. The molecule has 0 saturated carbocycles. The highest BCUT2D eigenvalue weighted by Crippen LogP contribution is 2.26. The van der Waals surface area contributed by atoms with Crippen molar-refractivity contribution < 1.29 is 27.8 Å². The summed E-state index contributed by atoms with van der Waals surface area (Å²) >= 11 is 0. The smallest absolute Gasteiger partial charge is 0.476 e. The third-order valence-corrected chi connectivity index (χ3v) is 2.39. The Labute approximate surface area is 116 Å². The molecule has 110 valence electrons. The van der Waals surface area contributed by atoms with Gasteiger partial charge in [0.05, 0.1) is 11.9 Å². The Morgan fingerprint density at radius 3 is 2.38 bits per heavy atom. The first kappa shape index (κ1) is 14.6. The van der Waals surface area contributed by atoms with Crippen molar-refractivity contribution in [1.29, 1.82) is 0 Å². The van der Waals surface area contributed by atoms with E-state index >= 15 is 0 Å². The molecule has 0 atom stereocenters. The van der Waals surface area contributed by atoms with Gasteiger partial charge in [0.1, 0.15) is 5.75 Å². The Morgan fingerprint density at radius 1 is 1.24 bits per heavy atom. The standard InChI is InChI=1S/C12H8F3N3O3/c13-12(14,15)21-7-3-1-6(2-4-7)8-5-17-10(16)9(18-8)11(19)20/h1-5H,(H2,16,17)(H,19,20). The number of aromatic nitrogens is 2. The maximum Gasteiger partial charge on any atom is 0.573 e. The molecule has 0 bridgehead atoms. The highest BCUT2D eigenvalue weighted by atomic mass is 19.4. The second-order valence-corrected chi connectivity index (χ2v) is 3.87. The lowest BCUT2D eigenvalue weighted by Crippen LogP contribution is -2.16. The van der Waals surface area contributed by atoms with E-state index in [0.29, 0.717) is 5.56 Å². The van der Waals surface area contributed by atoms with Crippen LogP contribution >= 0.6 is 0 Å². The van der Waals surface area contributed by atoms with E-state index in [1.807, 2.05) is 0 Å². The number of carboxylic acid groups (broad SMARTS) is 1. The van der Waals surface area contributed by atoms with Gasteiger partial charge >= 0.3 is 12.3 Å². The van der Waals surface area contributed by atoms with Crippen molar-refractivity contribution in [2.45, 2.75) is 6.36 Å². The van der Waals surface area contributed by atoms with Crippen LogP contribution in [0.25, 0.3) is 11.3 Å². The highest BCUT2D eigenvalue weighted by molar-refractivity contribution is 5.90. The number of carbonyl (C=O) groups is 1. The van der Waals surface area contributed by atoms with Gasteiger partial charge in [-0.05, 0) is 24.3 Å². The van der Waals surface area contributed by atoms with Gasteiger partial charge in [0.25, 0.3) is 0 Å². The van der Waals surface area contributed by atoms with Crippen molar-refractivity contribution in [3.05, 3.63) is 36.2 Å². The highest BCUT2D eigenvalue weighted by Gasteiger charge is 2.31. The predicted molar refractivity (Wildman–Crippen MR) is 65.5 cm³/mol. The summed E-state index contributed by atoms with van der Waals surface area (Å²) in [6.07, 6.45) is -3.56. The van der Waals surface area contributed by atoms with Crippen LogP contribution in [0.4, 0.5) is 19.0 Å². The molecule has 2 rings (SSSR count). The van der Waals surface area contributed by atoms with E-state index in [9.17, 15) is 18.0 Å². The molecule has 0 aliphatic heterocycles. The van der Waals surface area contributed by atoms with Gasteiger partial charge in [-0.2, -0.15) is 0 Å². The van der Waals surface area contributed by atoms with Crippen LogP contribution in [0.3, 0.4) is 0 Å². The lowest BCUT2D eigenvalue weighted by Gasteiger charge is -2.09. The lowest BCUT2D eigenvalue weighted by molar-refractivity contribution is -0.274. The fourth-order valence-electron chi connectivity index (χ4n) is 1.52. The molecule has 1 heterocycles. The fourth-order valence-corrected chi connectivity index (χ4v) is 1.52. The predicted octanol–water partition coefficient (Wildman–Crippen LogP) is 2.32. The normalized spacial score (nSPS) is 11.2. The zero-order valence-corrected chi connectivity index (χ0v) is 10.3. The summed E-state index contributed by atoms with van der Waals surface area (Å²) in [5.74, 6) is -1.99. The number of rotatable bonds is 3. The van der Waals surface area contributed by atoms with Crippen LogP contribution in [-0.4, -0.2) is 27.4 Å². The quantitative estimate of drug-likeness (QED) is 0.902. The average molecular weight is 299 g/mol. The molecule has 0 radical (unpaired) electrons. The molecule has 1 aromatic carbocycles. The van der Waals surface area contributed by atoms with Gasteiger partial charge in [-0.25, -0.2) is 14.8 Å². The summed E-state index contributed by atoms with van der Waals surface area (Å²) in [7, 11) is 0. The molecule has 0 aliphatic carbocycles. The number of carboxylic acids is 1. The monoisotopic (exact) mass is 299 g/mol. The number of hydrogen-bond acceptors (Lipinski definition) is 5. The summed E-state index contributed by atoms with van der Waals surface area (Å²) in [4.78, 5) is 18.4. The number of hydrogen-bond donors (Lipinski definition) is 2. The number of benzene rings is 1. The van der Waals surface area contributed by atoms with Crippen LogP contribution in [-0.2, 0) is 0 Å². The van der Waals surface area contributed by atoms with E-state index in [2.05, 4.69) is 14.7 Å². The van der Waals surface area contributed by atoms with E-state index in [-0.39, 0.29) is 11.5 Å². The largest absolute Gasteiger partial charge is 0.573 e. The van der Waals surface area contributed by atoms with Crippen LogP contribution < -0.4 is 10.5 Å². The summed E-state index contributed by atoms with van der Waals surface area (Å²) in [6.45, 7) is 0. The molecule has 9 heteroatoms. The van der Waals surface area contributed by atoms with Gasteiger partial charge in [0.15, 0.2) is 11.5 Å². The maximum atomic E-state index is 12.0. The third-order valence-electron chi connectivity index (χ3n) is 2.39. The molecule has 6 nitrogen and oxygen atoms in total. The van der Waals surface area contributed by atoms with Gasteiger partial charge in [0.2, 0.25) is 0 Å². The molecule has 0 aliphatic rings. The minimum Gasteiger partial charge on any atom is -0.476 e. The number of ether oxygens (including phenoxy) is 1. The Balaban J connectivity index is 2.31. The number of nitrogen functional groups attached to an aromatic ring is 1. The van der Waals surface area contributed by atoms with Gasteiger partial charge < -0.3 is 15.6 Å². The first-order valence-electron chi connectivity index (χ1n) is 5.48. The van der Waals surface area contributed by atoms with Crippen LogP contribution in [0.5, 0.6) is 5.75 Å². The number of alkyl halides is 3. The second kappa shape index (κ2) is 5.27. The molecule has 0 spiro atoms. The maximum absolute atomic E-state index is 12.0. The molecular formula is C12H8F3N3O3. The van der Waals surface area contributed by atoms with Gasteiger partial charge in [-0.1, -0.05) is 0 Å². The number of halogens is 3. The van der Waals surface area contributed by atoms with Crippen molar-refractivity contribution in [2.24, 2.45) is 0 Å². The molecule has 0 amide bonds. The minimum atomic E-state index is -4.78. The van der Waals surface area contributed by atoms with E-state index < -0.39 is 23.8 Å². The minimum absolute atomic E-state index is 0.167. The van der Waals surface area contributed by atoms with E-state index in [0.717, 1.165) is 12.1 Å². The van der Waals surface area contributed by atoms with Crippen molar-refractivity contribution in [3.63, 3.8) is 0 Å². The number of nitrogens with two attached hydrogens (primary N) is 1. The molecule has 0 fully saturated rings. The Bertz CT molecular complexity index is 672. The number of nitrogens with zero attached hydrogens (tertiary/aromatic N) is 2. The summed E-state index contributed by atoms with van der Waals surface area (Å²) < 4.78 is 39.8. The van der Waals surface area contributed by atoms with Gasteiger partial charge in [-0.3, -0.25) is 0 Å². The fraction of sp³-hybridized carbons (Fsp3) is 0.0833. The second-order valence-electron chi connectivity index (χ2n) is 3.87. The van der Waals surface area contributed by atoms with E-state index in [4.69, 9.17) is 10.8 Å². The van der Waals surface area contributed by atoms with Crippen LogP contribution in [0.15, 0.2) is 30.5 Å².